The van der Waals surface area contributed by atoms with Gasteiger partial charge in [-0.25, -0.2) is 0 Å². The molecule has 3 rings (SSSR count). The fourth-order valence-electron chi connectivity index (χ4n) is 4.43. The highest BCUT2D eigenvalue weighted by molar-refractivity contribution is 5.80. The van der Waals surface area contributed by atoms with Crippen molar-refractivity contribution < 1.29 is 0 Å². The van der Waals surface area contributed by atoms with Crippen LogP contribution in [-0.4, -0.2) is 61.1 Å². The number of likely N-dealkylation sites (tertiary alicyclic amines) is 2. The number of aliphatic imine (C=N–C) groups is 1. The zero-order valence-corrected chi connectivity index (χ0v) is 14.6. The molecule has 1 unspecified atom stereocenters. The van der Waals surface area contributed by atoms with Crippen molar-refractivity contribution in [3.63, 3.8) is 0 Å². The van der Waals surface area contributed by atoms with Crippen molar-refractivity contribution in [1.29, 1.82) is 0 Å². The molecule has 0 aromatic heterocycles. The zero-order chi connectivity index (χ0) is 15.4. The van der Waals surface area contributed by atoms with Crippen molar-refractivity contribution in [2.45, 2.75) is 64.8 Å². The van der Waals surface area contributed by atoms with Crippen LogP contribution in [0.15, 0.2) is 4.99 Å². The van der Waals surface area contributed by atoms with Gasteiger partial charge in [0.15, 0.2) is 5.96 Å². The van der Waals surface area contributed by atoms with Crippen LogP contribution in [0, 0.1) is 5.41 Å². The Morgan fingerprint density at radius 3 is 2.41 bits per heavy atom. The third kappa shape index (κ3) is 3.42. The van der Waals surface area contributed by atoms with Gasteiger partial charge in [-0.1, -0.05) is 13.3 Å². The molecule has 0 aromatic rings. The van der Waals surface area contributed by atoms with Crippen LogP contribution in [0.4, 0.5) is 0 Å². The summed E-state index contributed by atoms with van der Waals surface area (Å²) < 4.78 is 0. The Balaban J connectivity index is 1.59. The van der Waals surface area contributed by atoms with E-state index in [0.29, 0.717) is 11.5 Å². The molecule has 126 valence electrons. The Bertz CT molecular complexity index is 383. The standard InChI is InChI=1S/C18H34N4/c1-3-16(21-11-5-6-12-21)14-20-17(19-4-2)22-13-10-18(15-22)8-7-9-18/h16H,3-15H2,1-2H3,(H,19,20). The Morgan fingerprint density at radius 2 is 1.86 bits per heavy atom. The van der Waals surface area contributed by atoms with Crippen LogP contribution < -0.4 is 5.32 Å². The second kappa shape index (κ2) is 7.20. The highest BCUT2D eigenvalue weighted by Gasteiger charge is 2.43. The quantitative estimate of drug-likeness (QED) is 0.626. The largest absolute Gasteiger partial charge is 0.357 e. The number of nitrogens with zero attached hydrogens (tertiary/aromatic N) is 3. The predicted molar refractivity (Wildman–Crippen MR) is 93.3 cm³/mol. The molecule has 3 aliphatic rings. The van der Waals surface area contributed by atoms with E-state index in [1.807, 2.05) is 0 Å². The second-order valence-corrected chi connectivity index (χ2v) is 7.52. The van der Waals surface area contributed by atoms with Crippen LogP contribution >= 0.6 is 0 Å². The maximum Gasteiger partial charge on any atom is 0.193 e. The van der Waals surface area contributed by atoms with E-state index in [-0.39, 0.29) is 0 Å². The van der Waals surface area contributed by atoms with Crippen LogP contribution in [0.2, 0.25) is 0 Å². The summed E-state index contributed by atoms with van der Waals surface area (Å²) in [5, 5.41) is 3.54. The third-order valence-corrected chi connectivity index (χ3v) is 6.07. The maximum absolute atomic E-state index is 5.02. The van der Waals surface area contributed by atoms with Gasteiger partial charge in [0.2, 0.25) is 0 Å². The van der Waals surface area contributed by atoms with Crippen LogP contribution in [0.1, 0.15) is 58.8 Å². The summed E-state index contributed by atoms with van der Waals surface area (Å²) in [6, 6.07) is 0.636. The molecule has 2 heterocycles. The molecule has 1 N–H and O–H groups in total. The van der Waals surface area contributed by atoms with E-state index >= 15 is 0 Å². The highest BCUT2D eigenvalue weighted by atomic mass is 15.3. The van der Waals surface area contributed by atoms with E-state index < -0.39 is 0 Å². The van der Waals surface area contributed by atoms with Crippen molar-refractivity contribution in [1.82, 2.24) is 15.1 Å². The number of guanidine groups is 1. The van der Waals surface area contributed by atoms with Gasteiger partial charge in [-0.3, -0.25) is 9.89 Å². The summed E-state index contributed by atoms with van der Waals surface area (Å²) in [6.07, 6.45) is 9.65. The summed E-state index contributed by atoms with van der Waals surface area (Å²) in [4.78, 5) is 10.2. The SMILES string of the molecule is CCNC(=NCC(CC)N1CCCC1)N1CCC2(CCC2)C1. The third-order valence-electron chi connectivity index (χ3n) is 6.07. The van der Waals surface area contributed by atoms with Crippen molar-refractivity contribution in [2.24, 2.45) is 10.4 Å². The molecule has 1 aliphatic carbocycles. The first-order valence-corrected chi connectivity index (χ1v) is 9.54. The topological polar surface area (TPSA) is 30.9 Å². The predicted octanol–water partition coefficient (Wildman–Crippen LogP) is 2.70. The molecule has 3 fully saturated rings. The first-order chi connectivity index (χ1) is 10.8. The first-order valence-electron chi connectivity index (χ1n) is 9.54. The number of hydrogen-bond acceptors (Lipinski definition) is 2. The Hall–Kier alpha value is -0.770. The fourth-order valence-corrected chi connectivity index (χ4v) is 4.43. The van der Waals surface area contributed by atoms with Crippen molar-refractivity contribution in [3.8, 4) is 0 Å². The minimum Gasteiger partial charge on any atom is -0.357 e. The smallest absolute Gasteiger partial charge is 0.193 e. The normalized spacial score (nSPS) is 26.5. The molecule has 0 radical (unpaired) electrons. The van der Waals surface area contributed by atoms with E-state index in [4.69, 9.17) is 4.99 Å². The lowest BCUT2D eigenvalue weighted by Crippen LogP contribution is -2.43. The average Bonchev–Trinajstić information content (AvgIpc) is 3.16. The monoisotopic (exact) mass is 306 g/mol. The second-order valence-electron chi connectivity index (χ2n) is 7.52. The van der Waals surface area contributed by atoms with Crippen LogP contribution in [0.3, 0.4) is 0 Å². The van der Waals surface area contributed by atoms with Gasteiger partial charge in [0.05, 0.1) is 6.54 Å². The minimum atomic E-state index is 0.636. The fraction of sp³-hybridized carbons (Fsp3) is 0.944. The van der Waals surface area contributed by atoms with Gasteiger partial charge >= 0.3 is 0 Å². The lowest BCUT2D eigenvalue weighted by molar-refractivity contribution is 0.151. The van der Waals surface area contributed by atoms with Gasteiger partial charge in [0.25, 0.3) is 0 Å². The Labute approximate surface area is 136 Å². The molecule has 0 bridgehead atoms. The number of hydrogen-bond donors (Lipinski definition) is 1. The Kier molecular flexibility index (Phi) is 5.27. The number of nitrogens with one attached hydrogen (secondary N) is 1. The van der Waals surface area contributed by atoms with E-state index in [0.717, 1.165) is 13.1 Å². The minimum absolute atomic E-state index is 0.636. The Morgan fingerprint density at radius 1 is 1.09 bits per heavy atom. The summed E-state index contributed by atoms with van der Waals surface area (Å²) in [5.41, 5.74) is 0.648. The molecule has 22 heavy (non-hydrogen) atoms. The summed E-state index contributed by atoms with van der Waals surface area (Å²) >= 11 is 0. The zero-order valence-electron chi connectivity index (χ0n) is 14.6. The van der Waals surface area contributed by atoms with Crippen molar-refractivity contribution in [2.75, 3.05) is 39.3 Å². The molecular formula is C18H34N4. The summed E-state index contributed by atoms with van der Waals surface area (Å²) in [5.74, 6) is 1.17. The lowest BCUT2D eigenvalue weighted by Gasteiger charge is -2.38. The first kappa shape index (κ1) is 16.1. The molecule has 4 nitrogen and oxygen atoms in total. The molecule has 0 amide bonds. The van der Waals surface area contributed by atoms with E-state index in [1.165, 1.54) is 77.1 Å². The van der Waals surface area contributed by atoms with Crippen LogP contribution in [0.5, 0.6) is 0 Å². The van der Waals surface area contributed by atoms with Gasteiger partial charge in [0.1, 0.15) is 0 Å². The van der Waals surface area contributed by atoms with Gasteiger partial charge in [0, 0.05) is 25.7 Å². The average molecular weight is 306 g/mol. The molecule has 4 heteroatoms. The van der Waals surface area contributed by atoms with Gasteiger partial charge < -0.3 is 10.2 Å². The molecule has 1 spiro atoms. The highest BCUT2D eigenvalue weighted by Crippen LogP contribution is 2.47. The summed E-state index contributed by atoms with van der Waals surface area (Å²) in [7, 11) is 0. The van der Waals surface area contributed by atoms with E-state index in [2.05, 4.69) is 29.0 Å². The maximum atomic E-state index is 5.02. The molecule has 1 saturated carbocycles. The molecule has 1 atom stereocenters. The van der Waals surface area contributed by atoms with Crippen LogP contribution in [0.25, 0.3) is 0 Å². The van der Waals surface area contributed by atoms with Gasteiger partial charge in [-0.2, -0.15) is 0 Å². The lowest BCUT2D eigenvalue weighted by atomic mass is 9.68. The molecule has 2 saturated heterocycles. The van der Waals surface area contributed by atoms with Gasteiger partial charge in [-0.15, -0.1) is 0 Å². The number of rotatable bonds is 5. The van der Waals surface area contributed by atoms with E-state index in [1.54, 1.807) is 0 Å². The molecule has 0 aromatic carbocycles. The van der Waals surface area contributed by atoms with E-state index in [9.17, 15) is 0 Å². The molecule has 2 aliphatic heterocycles. The van der Waals surface area contributed by atoms with Gasteiger partial charge in [-0.05, 0) is 64.0 Å². The van der Waals surface area contributed by atoms with Crippen molar-refractivity contribution >= 4 is 5.96 Å². The summed E-state index contributed by atoms with van der Waals surface area (Å²) in [6.45, 7) is 11.4. The van der Waals surface area contributed by atoms with Crippen molar-refractivity contribution in [3.05, 3.63) is 0 Å². The molecular weight excluding hydrogens is 272 g/mol. The van der Waals surface area contributed by atoms with Crippen LogP contribution in [-0.2, 0) is 0 Å².